The highest BCUT2D eigenvalue weighted by Crippen LogP contribution is 2.30. The van der Waals surface area contributed by atoms with Gasteiger partial charge in [0.05, 0.1) is 0 Å². The van der Waals surface area contributed by atoms with E-state index in [0.29, 0.717) is 0 Å². The lowest BCUT2D eigenvalue weighted by Gasteiger charge is -2.07. The molecule has 0 radical (unpaired) electrons. The molecule has 2 heterocycles. The second-order valence-corrected chi connectivity index (χ2v) is 4.24. The fourth-order valence-corrected chi connectivity index (χ4v) is 2.03. The van der Waals surface area contributed by atoms with E-state index < -0.39 is 0 Å². The average Bonchev–Trinajstić information content (AvgIpc) is 2.48. The zero-order chi connectivity index (χ0) is 13.1. The van der Waals surface area contributed by atoms with E-state index in [1.165, 1.54) is 0 Å². The Bertz CT molecular complexity index is 624. The summed E-state index contributed by atoms with van der Waals surface area (Å²) in [6.07, 6.45) is 6.97. The Balaban J connectivity index is 2.12. The zero-order valence-corrected chi connectivity index (χ0v) is 10.2. The molecule has 92 valence electrons. The third-order valence-corrected chi connectivity index (χ3v) is 2.95. The molecule has 3 rings (SSSR count). The molecule has 3 heteroatoms. The molecule has 3 nitrogen and oxygen atoms in total. The molecule has 3 aromatic rings. The van der Waals surface area contributed by atoms with Crippen LogP contribution >= 0.6 is 0 Å². The monoisotopic (exact) mass is 248 g/mol. The summed E-state index contributed by atoms with van der Waals surface area (Å²) < 4.78 is 0. The second-order valence-electron chi connectivity index (χ2n) is 4.24. The summed E-state index contributed by atoms with van der Waals surface area (Å²) >= 11 is 0. The molecule has 0 aliphatic rings. The Labute approximate surface area is 111 Å². The van der Waals surface area contributed by atoms with E-state index in [0.717, 1.165) is 22.3 Å². The van der Waals surface area contributed by atoms with Gasteiger partial charge in [-0.25, -0.2) is 0 Å². The van der Waals surface area contributed by atoms with Crippen molar-refractivity contribution < 1.29 is 5.11 Å². The topological polar surface area (TPSA) is 46.0 Å². The predicted molar refractivity (Wildman–Crippen MR) is 74.6 cm³/mol. The number of pyridine rings is 2. The fourth-order valence-electron chi connectivity index (χ4n) is 2.03. The van der Waals surface area contributed by atoms with Gasteiger partial charge in [0, 0.05) is 24.8 Å². The molecule has 0 saturated carbocycles. The average molecular weight is 248 g/mol. The van der Waals surface area contributed by atoms with Gasteiger partial charge in [-0.1, -0.05) is 0 Å². The first-order chi connectivity index (χ1) is 9.33. The Morgan fingerprint density at radius 3 is 1.42 bits per heavy atom. The van der Waals surface area contributed by atoms with E-state index in [9.17, 15) is 5.11 Å². The summed E-state index contributed by atoms with van der Waals surface area (Å²) in [4.78, 5) is 8.01. The molecule has 0 bridgehead atoms. The van der Waals surface area contributed by atoms with Crippen LogP contribution in [0.2, 0.25) is 0 Å². The number of phenolic OH excluding ortho intramolecular Hbond substituents is 1. The van der Waals surface area contributed by atoms with Gasteiger partial charge in [0.1, 0.15) is 5.75 Å². The van der Waals surface area contributed by atoms with E-state index in [-0.39, 0.29) is 5.75 Å². The SMILES string of the molecule is Oc1cc(-c2ccncc2)cc(-c2ccncc2)c1. The molecular weight excluding hydrogens is 236 g/mol. The van der Waals surface area contributed by atoms with Gasteiger partial charge in [-0.15, -0.1) is 0 Å². The van der Waals surface area contributed by atoms with Gasteiger partial charge in [0.25, 0.3) is 0 Å². The molecule has 0 spiro atoms. The fraction of sp³-hybridized carbons (Fsp3) is 0. The van der Waals surface area contributed by atoms with Gasteiger partial charge in [-0.3, -0.25) is 9.97 Å². The van der Waals surface area contributed by atoms with Crippen LogP contribution in [0.25, 0.3) is 22.3 Å². The number of benzene rings is 1. The van der Waals surface area contributed by atoms with Gasteiger partial charge < -0.3 is 5.11 Å². The minimum Gasteiger partial charge on any atom is -0.508 e. The van der Waals surface area contributed by atoms with E-state index in [1.54, 1.807) is 36.9 Å². The van der Waals surface area contributed by atoms with E-state index >= 15 is 0 Å². The van der Waals surface area contributed by atoms with E-state index in [1.807, 2.05) is 30.3 Å². The highest BCUT2D eigenvalue weighted by atomic mass is 16.3. The Kier molecular flexibility index (Phi) is 2.94. The van der Waals surface area contributed by atoms with Crippen LogP contribution in [-0.4, -0.2) is 15.1 Å². The van der Waals surface area contributed by atoms with Crippen LogP contribution in [-0.2, 0) is 0 Å². The van der Waals surface area contributed by atoms with Crippen LogP contribution in [0.3, 0.4) is 0 Å². The minimum atomic E-state index is 0.251. The van der Waals surface area contributed by atoms with E-state index in [4.69, 9.17) is 0 Å². The lowest BCUT2D eigenvalue weighted by Crippen LogP contribution is -1.83. The number of aromatic hydroxyl groups is 1. The van der Waals surface area contributed by atoms with Crippen LogP contribution in [0.15, 0.2) is 67.3 Å². The highest BCUT2D eigenvalue weighted by molar-refractivity contribution is 5.74. The molecule has 0 unspecified atom stereocenters. The van der Waals surface area contributed by atoms with Crippen molar-refractivity contribution in [2.24, 2.45) is 0 Å². The molecule has 19 heavy (non-hydrogen) atoms. The van der Waals surface area contributed by atoms with Crippen molar-refractivity contribution in [3.05, 3.63) is 67.3 Å². The first-order valence-electron chi connectivity index (χ1n) is 5.98. The molecule has 1 aromatic carbocycles. The van der Waals surface area contributed by atoms with Gasteiger partial charge in [-0.2, -0.15) is 0 Å². The Morgan fingerprint density at radius 2 is 1.00 bits per heavy atom. The summed E-state index contributed by atoms with van der Waals surface area (Å²) in [6.45, 7) is 0. The third kappa shape index (κ3) is 2.45. The van der Waals surface area contributed by atoms with Crippen molar-refractivity contribution >= 4 is 0 Å². The molecule has 2 aromatic heterocycles. The number of aromatic nitrogens is 2. The lowest BCUT2D eigenvalue weighted by molar-refractivity contribution is 0.476. The van der Waals surface area contributed by atoms with Gasteiger partial charge in [0.2, 0.25) is 0 Å². The number of hydrogen-bond acceptors (Lipinski definition) is 3. The summed E-state index contributed by atoms with van der Waals surface area (Å²) in [6, 6.07) is 13.2. The van der Waals surface area contributed by atoms with Crippen LogP contribution in [0.5, 0.6) is 5.75 Å². The molecule has 0 fully saturated rings. The molecule has 0 aliphatic heterocycles. The quantitative estimate of drug-likeness (QED) is 0.754. The maximum absolute atomic E-state index is 9.89. The van der Waals surface area contributed by atoms with Gasteiger partial charge in [0.15, 0.2) is 0 Å². The molecule has 0 saturated heterocycles. The Hall–Kier alpha value is -2.68. The summed E-state index contributed by atoms with van der Waals surface area (Å²) in [5.74, 6) is 0.251. The number of hydrogen-bond donors (Lipinski definition) is 1. The van der Waals surface area contributed by atoms with Crippen LogP contribution < -0.4 is 0 Å². The normalized spacial score (nSPS) is 10.3. The van der Waals surface area contributed by atoms with E-state index in [2.05, 4.69) is 9.97 Å². The van der Waals surface area contributed by atoms with Crippen molar-refractivity contribution in [3.8, 4) is 28.0 Å². The predicted octanol–water partition coefficient (Wildman–Crippen LogP) is 3.52. The van der Waals surface area contributed by atoms with Crippen molar-refractivity contribution in [1.82, 2.24) is 9.97 Å². The summed E-state index contributed by atoms with van der Waals surface area (Å²) in [5, 5.41) is 9.89. The number of nitrogens with zero attached hydrogens (tertiary/aromatic N) is 2. The van der Waals surface area contributed by atoms with Crippen LogP contribution in [0.1, 0.15) is 0 Å². The highest BCUT2D eigenvalue weighted by Gasteiger charge is 2.04. The molecule has 0 aliphatic carbocycles. The van der Waals surface area contributed by atoms with Crippen molar-refractivity contribution in [2.75, 3.05) is 0 Å². The standard InChI is InChI=1S/C16H12N2O/c19-16-10-14(12-1-5-17-6-2-12)9-15(11-16)13-3-7-18-8-4-13/h1-11,19H. The van der Waals surface area contributed by atoms with Crippen LogP contribution in [0, 0.1) is 0 Å². The maximum atomic E-state index is 9.89. The molecule has 0 amide bonds. The molecule has 1 N–H and O–H groups in total. The maximum Gasteiger partial charge on any atom is 0.116 e. The van der Waals surface area contributed by atoms with Crippen molar-refractivity contribution in [3.63, 3.8) is 0 Å². The molecule has 0 atom stereocenters. The lowest BCUT2D eigenvalue weighted by atomic mass is 10.00. The van der Waals surface area contributed by atoms with Crippen molar-refractivity contribution in [1.29, 1.82) is 0 Å². The largest absolute Gasteiger partial charge is 0.508 e. The smallest absolute Gasteiger partial charge is 0.116 e. The first kappa shape index (κ1) is 11.4. The zero-order valence-electron chi connectivity index (χ0n) is 10.2. The van der Waals surface area contributed by atoms with Crippen molar-refractivity contribution in [2.45, 2.75) is 0 Å². The number of rotatable bonds is 2. The van der Waals surface area contributed by atoms with Crippen LogP contribution in [0.4, 0.5) is 0 Å². The first-order valence-corrected chi connectivity index (χ1v) is 5.98. The summed E-state index contributed by atoms with van der Waals surface area (Å²) in [7, 11) is 0. The minimum absolute atomic E-state index is 0.251. The van der Waals surface area contributed by atoms with Gasteiger partial charge in [-0.05, 0) is 64.7 Å². The molecular formula is C16H12N2O. The summed E-state index contributed by atoms with van der Waals surface area (Å²) in [5.41, 5.74) is 3.99. The second kappa shape index (κ2) is 4.90. The number of phenols is 1. The Morgan fingerprint density at radius 1 is 0.579 bits per heavy atom. The third-order valence-electron chi connectivity index (χ3n) is 2.95. The van der Waals surface area contributed by atoms with Gasteiger partial charge >= 0.3 is 0 Å².